The van der Waals surface area contributed by atoms with Crippen molar-refractivity contribution in [1.29, 1.82) is 0 Å². The van der Waals surface area contributed by atoms with Crippen LogP contribution in [0.15, 0.2) is 0 Å². The fourth-order valence-corrected chi connectivity index (χ4v) is 2.01. The van der Waals surface area contributed by atoms with E-state index in [1.54, 1.807) is 0 Å². The van der Waals surface area contributed by atoms with Gasteiger partial charge in [0.15, 0.2) is 0 Å². The van der Waals surface area contributed by atoms with Crippen molar-refractivity contribution in [1.82, 2.24) is 0 Å². The molecule has 0 aromatic heterocycles. The molecular weight excluding hydrogens is 224 g/mol. The molecule has 0 amide bonds. The Morgan fingerprint density at radius 2 is 1.22 bits per heavy atom. The van der Waals surface area contributed by atoms with E-state index >= 15 is 0 Å². The van der Waals surface area contributed by atoms with Crippen LogP contribution in [0.2, 0.25) is 0 Å². The van der Waals surface area contributed by atoms with Crippen LogP contribution >= 0.6 is 0 Å². The van der Waals surface area contributed by atoms with Crippen LogP contribution in [0.1, 0.15) is 90.9 Å². The van der Waals surface area contributed by atoms with Gasteiger partial charge in [0.1, 0.15) is 0 Å². The van der Waals surface area contributed by atoms with Gasteiger partial charge in [-0.3, -0.25) is 4.79 Å². The van der Waals surface area contributed by atoms with Crippen LogP contribution in [-0.2, 0) is 9.53 Å². The lowest BCUT2D eigenvalue weighted by atomic mass is 10.1. The smallest absolute Gasteiger partial charge is 0.305 e. The van der Waals surface area contributed by atoms with Gasteiger partial charge in [0, 0.05) is 6.42 Å². The average Bonchev–Trinajstić information content (AvgIpc) is 2.38. The maximum absolute atomic E-state index is 11.4. The number of carbonyl (C=O) groups excluding carboxylic acids is 1. The number of carbonyl (C=O) groups is 1. The van der Waals surface area contributed by atoms with E-state index in [0.717, 1.165) is 19.3 Å². The first-order valence-electron chi connectivity index (χ1n) is 7.96. The van der Waals surface area contributed by atoms with Crippen LogP contribution in [0.3, 0.4) is 0 Å². The lowest BCUT2D eigenvalue weighted by Crippen LogP contribution is -2.05. The predicted molar refractivity (Wildman–Crippen MR) is 77.7 cm³/mol. The Labute approximate surface area is 113 Å². The molecule has 0 aliphatic carbocycles. The van der Waals surface area contributed by atoms with Crippen LogP contribution in [0.5, 0.6) is 0 Å². The molecule has 2 heteroatoms. The number of ether oxygens (including phenoxy) is 1. The average molecular weight is 256 g/mol. The Bertz CT molecular complexity index is 178. The van der Waals surface area contributed by atoms with Crippen molar-refractivity contribution in [2.24, 2.45) is 0 Å². The quantitative estimate of drug-likeness (QED) is 0.332. The first kappa shape index (κ1) is 17.5. The summed E-state index contributed by atoms with van der Waals surface area (Å²) in [5, 5.41) is 0. The molecule has 0 bridgehead atoms. The minimum absolute atomic E-state index is 0.00270. The molecule has 18 heavy (non-hydrogen) atoms. The highest BCUT2D eigenvalue weighted by atomic mass is 16.5. The van der Waals surface area contributed by atoms with Gasteiger partial charge in [-0.25, -0.2) is 0 Å². The fraction of sp³-hybridized carbons (Fsp3) is 0.938. The molecule has 0 fully saturated rings. The van der Waals surface area contributed by atoms with Gasteiger partial charge in [0.05, 0.1) is 6.61 Å². The Kier molecular flexibility index (Phi) is 14.1. The number of hydrogen-bond acceptors (Lipinski definition) is 2. The molecule has 0 saturated carbocycles. The van der Waals surface area contributed by atoms with Crippen LogP contribution in [0, 0.1) is 0 Å². The lowest BCUT2D eigenvalue weighted by Gasteiger charge is -2.04. The van der Waals surface area contributed by atoms with Crippen molar-refractivity contribution in [3.63, 3.8) is 0 Å². The van der Waals surface area contributed by atoms with Gasteiger partial charge in [-0.05, 0) is 12.8 Å². The third-order valence-electron chi connectivity index (χ3n) is 3.25. The highest BCUT2D eigenvalue weighted by Crippen LogP contribution is 2.07. The second-order valence-electron chi connectivity index (χ2n) is 5.15. The summed E-state index contributed by atoms with van der Waals surface area (Å²) in [5.41, 5.74) is 0. The fourth-order valence-electron chi connectivity index (χ4n) is 2.01. The minimum atomic E-state index is -0.00270. The van der Waals surface area contributed by atoms with E-state index in [1.165, 1.54) is 51.4 Å². The minimum Gasteiger partial charge on any atom is -0.466 e. The van der Waals surface area contributed by atoms with Crippen LogP contribution in [0.4, 0.5) is 0 Å². The molecule has 0 radical (unpaired) electrons. The molecule has 0 aliphatic rings. The van der Waals surface area contributed by atoms with E-state index in [1.807, 2.05) is 0 Å². The summed E-state index contributed by atoms with van der Waals surface area (Å²) in [5.74, 6) is -0.00270. The summed E-state index contributed by atoms with van der Waals surface area (Å²) in [6.45, 7) is 5.04. The SMILES string of the molecule is CCCCCCCCCOC(=O)CCCCCC. The first-order chi connectivity index (χ1) is 8.81. The molecule has 0 aromatic rings. The lowest BCUT2D eigenvalue weighted by molar-refractivity contribution is -0.143. The molecule has 0 rings (SSSR count). The standard InChI is InChI=1S/C16H32O2/c1-3-5-7-9-10-11-13-15-18-16(17)14-12-8-6-4-2/h3-15H2,1-2H3. The zero-order chi connectivity index (χ0) is 13.5. The Balaban J connectivity index is 3.10. The van der Waals surface area contributed by atoms with Crippen molar-refractivity contribution in [2.45, 2.75) is 90.9 Å². The van der Waals surface area contributed by atoms with E-state index in [9.17, 15) is 4.79 Å². The van der Waals surface area contributed by atoms with Crippen molar-refractivity contribution < 1.29 is 9.53 Å². The zero-order valence-electron chi connectivity index (χ0n) is 12.5. The molecule has 0 heterocycles. The Morgan fingerprint density at radius 3 is 1.83 bits per heavy atom. The monoisotopic (exact) mass is 256 g/mol. The highest BCUT2D eigenvalue weighted by Gasteiger charge is 2.01. The van der Waals surface area contributed by atoms with E-state index in [2.05, 4.69) is 13.8 Å². The number of esters is 1. The summed E-state index contributed by atoms with van der Waals surface area (Å²) < 4.78 is 5.21. The predicted octanol–water partition coefficient (Wildman–Crippen LogP) is 5.25. The molecule has 0 N–H and O–H groups in total. The summed E-state index contributed by atoms with van der Waals surface area (Å²) in [4.78, 5) is 11.4. The molecule has 0 spiro atoms. The van der Waals surface area contributed by atoms with Crippen LogP contribution < -0.4 is 0 Å². The molecule has 0 unspecified atom stereocenters. The summed E-state index contributed by atoms with van der Waals surface area (Å²) >= 11 is 0. The normalized spacial score (nSPS) is 10.6. The zero-order valence-corrected chi connectivity index (χ0v) is 12.5. The van der Waals surface area contributed by atoms with Gasteiger partial charge in [-0.2, -0.15) is 0 Å². The number of unbranched alkanes of at least 4 members (excludes halogenated alkanes) is 9. The third kappa shape index (κ3) is 13.5. The third-order valence-corrected chi connectivity index (χ3v) is 3.25. The van der Waals surface area contributed by atoms with Gasteiger partial charge < -0.3 is 4.74 Å². The maximum atomic E-state index is 11.4. The van der Waals surface area contributed by atoms with Crippen molar-refractivity contribution in [2.75, 3.05) is 6.61 Å². The van der Waals surface area contributed by atoms with Crippen LogP contribution in [-0.4, -0.2) is 12.6 Å². The van der Waals surface area contributed by atoms with Crippen LogP contribution in [0.25, 0.3) is 0 Å². The largest absolute Gasteiger partial charge is 0.466 e. The summed E-state index contributed by atoms with van der Waals surface area (Å²) in [7, 11) is 0. The first-order valence-corrected chi connectivity index (χ1v) is 7.96. The summed E-state index contributed by atoms with van der Waals surface area (Å²) in [6.07, 6.45) is 14.1. The molecule has 0 saturated heterocycles. The Morgan fingerprint density at radius 1 is 0.722 bits per heavy atom. The molecule has 0 atom stereocenters. The van der Waals surface area contributed by atoms with Gasteiger partial charge in [-0.1, -0.05) is 71.6 Å². The van der Waals surface area contributed by atoms with E-state index in [0.29, 0.717) is 13.0 Å². The van der Waals surface area contributed by atoms with E-state index in [-0.39, 0.29) is 5.97 Å². The van der Waals surface area contributed by atoms with Gasteiger partial charge in [0.25, 0.3) is 0 Å². The molecule has 108 valence electrons. The van der Waals surface area contributed by atoms with Gasteiger partial charge in [-0.15, -0.1) is 0 Å². The van der Waals surface area contributed by atoms with Gasteiger partial charge >= 0.3 is 5.97 Å². The molecule has 2 nitrogen and oxygen atoms in total. The second-order valence-corrected chi connectivity index (χ2v) is 5.15. The molecule has 0 aliphatic heterocycles. The van der Waals surface area contributed by atoms with Crippen molar-refractivity contribution >= 4 is 5.97 Å². The van der Waals surface area contributed by atoms with Crippen molar-refractivity contribution in [3.8, 4) is 0 Å². The second kappa shape index (κ2) is 14.5. The summed E-state index contributed by atoms with van der Waals surface area (Å²) in [6, 6.07) is 0. The Hall–Kier alpha value is -0.530. The topological polar surface area (TPSA) is 26.3 Å². The number of rotatable bonds is 13. The maximum Gasteiger partial charge on any atom is 0.305 e. The van der Waals surface area contributed by atoms with Crippen molar-refractivity contribution in [3.05, 3.63) is 0 Å². The van der Waals surface area contributed by atoms with E-state index < -0.39 is 0 Å². The van der Waals surface area contributed by atoms with Gasteiger partial charge in [0.2, 0.25) is 0 Å². The molecule has 0 aromatic carbocycles. The van der Waals surface area contributed by atoms with E-state index in [4.69, 9.17) is 4.74 Å². The number of hydrogen-bond donors (Lipinski definition) is 0. The highest BCUT2D eigenvalue weighted by molar-refractivity contribution is 5.69. The molecular formula is C16H32O2.